The number of hydrogen-bond acceptors (Lipinski definition) is 5. The van der Waals surface area contributed by atoms with Crippen molar-refractivity contribution >= 4 is 22.4 Å². The van der Waals surface area contributed by atoms with Gasteiger partial charge in [-0.25, -0.2) is 9.78 Å². The Balaban J connectivity index is 2.62. The van der Waals surface area contributed by atoms with Crippen molar-refractivity contribution in [2.24, 2.45) is 0 Å². The summed E-state index contributed by atoms with van der Waals surface area (Å²) in [6.07, 6.45) is 3.84. The van der Waals surface area contributed by atoms with Gasteiger partial charge in [-0.15, -0.1) is 0 Å². The van der Waals surface area contributed by atoms with Gasteiger partial charge in [-0.3, -0.25) is 0 Å². The van der Waals surface area contributed by atoms with Gasteiger partial charge in [0.15, 0.2) is 5.13 Å². The molecule has 0 N–H and O–H groups in total. The van der Waals surface area contributed by atoms with Crippen LogP contribution >= 0.6 is 11.3 Å². The topological polar surface area (TPSA) is 42.4 Å². The number of carbonyl (C=O) groups is 1. The number of ether oxygens (including phenoxy) is 1. The SMILES string of the molecule is CCCCN(C)c1ncc(C(=O)OC)s1. The molecule has 1 heterocycles. The first-order valence-electron chi connectivity index (χ1n) is 4.94. The Bertz CT molecular complexity index is 325. The van der Waals surface area contributed by atoms with E-state index in [4.69, 9.17) is 0 Å². The van der Waals surface area contributed by atoms with E-state index in [9.17, 15) is 4.79 Å². The number of carbonyl (C=O) groups excluding carboxylic acids is 1. The number of rotatable bonds is 5. The van der Waals surface area contributed by atoms with Crippen LogP contribution in [0.5, 0.6) is 0 Å². The van der Waals surface area contributed by atoms with Crippen LogP contribution in [0, 0.1) is 0 Å². The molecule has 0 amide bonds. The summed E-state index contributed by atoms with van der Waals surface area (Å²) in [4.78, 5) is 18.0. The van der Waals surface area contributed by atoms with E-state index >= 15 is 0 Å². The van der Waals surface area contributed by atoms with Crippen LogP contribution in [0.25, 0.3) is 0 Å². The Morgan fingerprint density at radius 2 is 2.40 bits per heavy atom. The van der Waals surface area contributed by atoms with Crippen molar-refractivity contribution in [3.05, 3.63) is 11.1 Å². The van der Waals surface area contributed by atoms with Gasteiger partial charge in [-0.2, -0.15) is 0 Å². The molecule has 0 unspecified atom stereocenters. The molecule has 0 aliphatic rings. The van der Waals surface area contributed by atoms with Crippen molar-refractivity contribution in [3.8, 4) is 0 Å². The second kappa shape index (κ2) is 5.70. The third kappa shape index (κ3) is 3.20. The molecule has 0 atom stereocenters. The molecule has 0 saturated carbocycles. The lowest BCUT2D eigenvalue weighted by atomic mass is 10.3. The third-order valence-corrected chi connectivity index (χ3v) is 3.15. The lowest BCUT2D eigenvalue weighted by Gasteiger charge is -2.14. The van der Waals surface area contributed by atoms with Gasteiger partial charge in [0.1, 0.15) is 4.88 Å². The average molecular weight is 228 g/mol. The highest BCUT2D eigenvalue weighted by Crippen LogP contribution is 2.22. The Morgan fingerprint density at radius 3 is 3.00 bits per heavy atom. The zero-order valence-corrected chi connectivity index (χ0v) is 10.1. The first kappa shape index (κ1) is 12.0. The van der Waals surface area contributed by atoms with E-state index in [2.05, 4.69) is 21.5 Å². The van der Waals surface area contributed by atoms with Gasteiger partial charge in [0, 0.05) is 13.6 Å². The van der Waals surface area contributed by atoms with Gasteiger partial charge in [0.25, 0.3) is 0 Å². The van der Waals surface area contributed by atoms with Crippen LogP contribution in [0.4, 0.5) is 5.13 Å². The molecule has 1 rings (SSSR count). The van der Waals surface area contributed by atoms with Crippen LogP contribution in [0.2, 0.25) is 0 Å². The summed E-state index contributed by atoms with van der Waals surface area (Å²) in [5.41, 5.74) is 0. The largest absolute Gasteiger partial charge is 0.465 e. The number of unbranched alkanes of at least 4 members (excludes halogenated alkanes) is 1. The summed E-state index contributed by atoms with van der Waals surface area (Å²) in [5, 5.41) is 0.865. The van der Waals surface area contributed by atoms with Gasteiger partial charge in [-0.05, 0) is 6.42 Å². The van der Waals surface area contributed by atoms with E-state index in [0.717, 1.165) is 24.5 Å². The summed E-state index contributed by atoms with van der Waals surface area (Å²) < 4.78 is 4.62. The minimum Gasteiger partial charge on any atom is -0.465 e. The van der Waals surface area contributed by atoms with Crippen molar-refractivity contribution in [3.63, 3.8) is 0 Å². The second-order valence-corrected chi connectivity index (χ2v) is 4.28. The molecule has 0 aromatic carbocycles. The highest BCUT2D eigenvalue weighted by molar-refractivity contribution is 7.17. The van der Waals surface area contributed by atoms with E-state index < -0.39 is 0 Å². The maximum Gasteiger partial charge on any atom is 0.349 e. The predicted molar refractivity (Wildman–Crippen MR) is 61.6 cm³/mol. The van der Waals surface area contributed by atoms with Gasteiger partial charge < -0.3 is 9.64 Å². The van der Waals surface area contributed by atoms with Crippen molar-refractivity contribution in [1.29, 1.82) is 0 Å². The van der Waals surface area contributed by atoms with Crippen LogP contribution < -0.4 is 4.90 Å². The molecule has 0 aliphatic heterocycles. The number of anilines is 1. The number of thiazole rings is 1. The molecular formula is C10H16N2O2S. The summed E-state index contributed by atoms with van der Waals surface area (Å²) in [7, 11) is 3.36. The van der Waals surface area contributed by atoms with Crippen LogP contribution in [0.15, 0.2) is 6.20 Å². The van der Waals surface area contributed by atoms with Gasteiger partial charge in [0.2, 0.25) is 0 Å². The van der Waals surface area contributed by atoms with E-state index in [1.165, 1.54) is 18.4 Å². The van der Waals surface area contributed by atoms with Gasteiger partial charge in [-0.1, -0.05) is 24.7 Å². The standard InChI is InChI=1S/C10H16N2O2S/c1-4-5-6-12(2)10-11-7-8(15-10)9(13)14-3/h7H,4-6H2,1-3H3. The van der Waals surface area contributed by atoms with E-state index in [1.807, 2.05) is 7.05 Å². The molecular weight excluding hydrogens is 212 g/mol. The highest BCUT2D eigenvalue weighted by atomic mass is 32.1. The fourth-order valence-electron chi connectivity index (χ4n) is 1.13. The van der Waals surface area contributed by atoms with Crippen LogP contribution in [-0.4, -0.2) is 31.7 Å². The van der Waals surface area contributed by atoms with Crippen molar-refractivity contribution in [2.75, 3.05) is 25.6 Å². The quantitative estimate of drug-likeness (QED) is 0.724. The summed E-state index contributed by atoms with van der Waals surface area (Å²) in [6, 6.07) is 0. The molecule has 15 heavy (non-hydrogen) atoms. The van der Waals surface area contributed by atoms with Crippen molar-refractivity contribution < 1.29 is 9.53 Å². The molecule has 0 spiro atoms. The van der Waals surface area contributed by atoms with Crippen LogP contribution in [-0.2, 0) is 4.74 Å². The number of aromatic nitrogens is 1. The molecule has 1 aromatic heterocycles. The summed E-state index contributed by atoms with van der Waals surface area (Å²) in [6.45, 7) is 3.11. The zero-order valence-electron chi connectivity index (χ0n) is 9.32. The summed E-state index contributed by atoms with van der Waals surface area (Å²) >= 11 is 1.36. The maximum absolute atomic E-state index is 11.2. The third-order valence-electron chi connectivity index (χ3n) is 2.05. The normalized spacial score (nSPS) is 10.1. The number of esters is 1. The Kier molecular flexibility index (Phi) is 4.55. The smallest absolute Gasteiger partial charge is 0.349 e. The highest BCUT2D eigenvalue weighted by Gasteiger charge is 2.12. The van der Waals surface area contributed by atoms with Crippen molar-refractivity contribution in [1.82, 2.24) is 4.98 Å². The van der Waals surface area contributed by atoms with Gasteiger partial charge in [0.05, 0.1) is 13.3 Å². The second-order valence-electron chi connectivity index (χ2n) is 3.27. The Morgan fingerprint density at radius 1 is 1.67 bits per heavy atom. The van der Waals surface area contributed by atoms with E-state index in [0.29, 0.717) is 4.88 Å². The Hall–Kier alpha value is -1.10. The fraction of sp³-hybridized carbons (Fsp3) is 0.600. The lowest BCUT2D eigenvalue weighted by molar-refractivity contribution is 0.0606. The Labute approximate surface area is 93.9 Å². The molecule has 0 radical (unpaired) electrons. The number of methoxy groups -OCH3 is 1. The van der Waals surface area contributed by atoms with Crippen molar-refractivity contribution in [2.45, 2.75) is 19.8 Å². The van der Waals surface area contributed by atoms with Crippen LogP contribution in [0.3, 0.4) is 0 Å². The average Bonchev–Trinajstić information content (AvgIpc) is 2.74. The molecule has 0 bridgehead atoms. The number of hydrogen-bond donors (Lipinski definition) is 0. The number of nitrogens with zero attached hydrogens (tertiary/aromatic N) is 2. The minimum absolute atomic E-state index is 0.317. The molecule has 0 aliphatic carbocycles. The monoisotopic (exact) mass is 228 g/mol. The molecule has 4 nitrogen and oxygen atoms in total. The maximum atomic E-state index is 11.2. The minimum atomic E-state index is -0.317. The summed E-state index contributed by atoms with van der Waals surface area (Å²) in [5.74, 6) is -0.317. The fourth-order valence-corrected chi connectivity index (χ4v) is 1.95. The molecule has 1 aromatic rings. The van der Waals surface area contributed by atoms with Crippen LogP contribution in [0.1, 0.15) is 29.4 Å². The molecule has 84 valence electrons. The predicted octanol–water partition coefficient (Wildman–Crippen LogP) is 2.17. The first-order chi connectivity index (χ1) is 7.19. The van der Waals surface area contributed by atoms with E-state index in [-0.39, 0.29) is 5.97 Å². The van der Waals surface area contributed by atoms with Gasteiger partial charge >= 0.3 is 5.97 Å². The molecule has 5 heteroatoms. The zero-order chi connectivity index (χ0) is 11.3. The van der Waals surface area contributed by atoms with E-state index in [1.54, 1.807) is 6.20 Å². The lowest BCUT2D eigenvalue weighted by Crippen LogP contribution is -2.17. The first-order valence-corrected chi connectivity index (χ1v) is 5.76. The molecule has 0 saturated heterocycles. The molecule has 0 fully saturated rings.